The normalized spacial score (nSPS) is 18.1. The van der Waals surface area contributed by atoms with E-state index >= 15 is 0 Å². The molecule has 2 atom stereocenters. The quantitative estimate of drug-likeness (QED) is 0.425. The summed E-state index contributed by atoms with van der Waals surface area (Å²) in [4.78, 5) is 9.97. The Kier molecular flexibility index (Phi) is 13.4. The summed E-state index contributed by atoms with van der Waals surface area (Å²) in [5, 5.41) is 8.42. The van der Waals surface area contributed by atoms with E-state index in [9.17, 15) is 4.79 Å². The fourth-order valence-electron chi connectivity index (χ4n) is 3.25. The maximum absolute atomic E-state index is 9.97. The van der Waals surface area contributed by atoms with Crippen LogP contribution in [0.3, 0.4) is 0 Å². The number of carbonyl (C=O) groups excluding carboxylic acids is 1. The first-order valence-corrected chi connectivity index (χ1v) is 11.9. The molecule has 0 amide bonds. The van der Waals surface area contributed by atoms with Gasteiger partial charge in [0.1, 0.15) is 6.29 Å². The van der Waals surface area contributed by atoms with Crippen molar-refractivity contribution in [2.45, 2.75) is 72.6 Å². The molecule has 2 unspecified atom stereocenters. The van der Waals surface area contributed by atoms with Gasteiger partial charge >= 0.3 is 0 Å². The van der Waals surface area contributed by atoms with Gasteiger partial charge in [0, 0.05) is 23.7 Å². The van der Waals surface area contributed by atoms with E-state index in [4.69, 9.17) is 11.5 Å². The van der Waals surface area contributed by atoms with Gasteiger partial charge < -0.3 is 16.3 Å². The summed E-state index contributed by atoms with van der Waals surface area (Å²) in [7, 11) is 0. The molecule has 1 aliphatic carbocycles. The van der Waals surface area contributed by atoms with Crippen molar-refractivity contribution in [3.05, 3.63) is 83.0 Å². The molecule has 1 aromatic heterocycles. The van der Waals surface area contributed by atoms with Crippen molar-refractivity contribution in [1.82, 2.24) is 10.2 Å². The highest BCUT2D eigenvalue weighted by Gasteiger charge is 2.28. The van der Waals surface area contributed by atoms with E-state index in [1.165, 1.54) is 6.42 Å². The van der Waals surface area contributed by atoms with Crippen molar-refractivity contribution in [2.24, 2.45) is 23.3 Å². The Balaban J connectivity index is 0.000000321. The third-order valence-corrected chi connectivity index (χ3v) is 5.66. The molecule has 0 bridgehead atoms. The predicted molar refractivity (Wildman–Crippen MR) is 138 cm³/mol. The number of aromatic nitrogens is 2. The number of allylic oxidation sites excluding steroid dienone is 4. The van der Waals surface area contributed by atoms with Crippen LogP contribution in [0.25, 0.3) is 0 Å². The smallest absolute Gasteiger partial charge is 0.124 e. The van der Waals surface area contributed by atoms with E-state index in [1.54, 1.807) is 0 Å². The van der Waals surface area contributed by atoms with Crippen LogP contribution < -0.4 is 11.5 Å². The number of rotatable bonds is 6. The first kappa shape index (κ1) is 28.1. The Labute approximate surface area is 200 Å². The summed E-state index contributed by atoms with van der Waals surface area (Å²) in [6.45, 7) is 10.5. The van der Waals surface area contributed by atoms with Crippen LogP contribution in [0.2, 0.25) is 0 Å². The number of aldehydes is 1. The van der Waals surface area contributed by atoms with Gasteiger partial charge in [-0.05, 0) is 74.8 Å². The molecule has 1 heterocycles. The van der Waals surface area contributed by atoms with Crippen molar-refractivity contribution in [3.63, 3.8) is 0 Å². The van der Waals surface area contributed by atoms with Crippen molar-refractivity contribution in [1.29, 1.82) is 0 Å². The minimum absolute atomic E-state index is 0.434. The summed E-state index contributed by atoms with van der Waals surface area (Å²) < 4.78 is 0. The molecule has 1 aromatic carbocycles. The molecule has 5 nitrogen and oxygen atoms in total. The summed E-state index contributed by atoms with van der Waals surface area (Å²) >= 11 is 0. The van der Waals surface area contributed by atoms with Crippen LogP contribution in [0.5, 0.6) is 0 Å². The average Bonchev–Trinajstić information content (AvgIpc) is 3.30. The topological polar surface area (TPSA) is 94.9 Å². The maximum Gasteiger partial charge on any atom is 0.124 e. The molecule has 1 saturated carbocycles. The number of hydrogen-bond acceptors (Lipinski definition) is 5. The number of nitrogens with two attached hydrogens (primary N) is 2. The van der Waals surface area contributed by atoms with Gasteiger partial charge in [-0.25, -0.2) is 0 Å². The molecule has 0 aliphatic heterocycles. The summed E-state index contributed by atoms with van der Waals surface area (Å²) in [5.41, 5.74) is 16.6. The number of hydrogen-bond donors (Lipinski definition) is 2. The highest BCUT2D eigenvalue weighted by atomic mass is 16.1. The second-order valence-corrected chi connectivity index (χ2v) is 9.04. The van der Waals surface area contributed by atoms with E-state index in [2.05, 4.69) is 37.0 Å². The van der Waals surface area contributed by atoms with Crippen molar-refractivity contribution in [2.75, 3.05) is 0 Å². The minimum Gasteiger partial charge on any atom is -0.402 e. The van der Waals surface area contributed by atoms with E-state index in [1.807, 2.05) is 62.4 Å². The Morgan fingerprint density at radius 3 is 2.24 bits per heavy atom. The molecule has 2 aromatic rings. The van der Waals surface area contributed by atoms with Gasteiger partial charge in [-0.3, -0.25) is 0 Å². The zero-order valence-corrected chi connectivity index (χ0v) is 21.0. The molecule has 0 spiro atoms. The maximum atomic E-state index is 9.97. The Morgan fingerprint density at radius 2 is 1.73 bits per heavy atom. The molecular weight excluding hydrogens is 408 g/mol. The third-order valence-electron chi connectivity index (χ3n) is 5.66. The average molecular weight is 451 g/mol. The van der Waals surface area contributed by atoms with Crippen molar-refractivity contribution < 1.29 is 4.79 Å². The van der Waals surface area contributed by atoms with Gasteiger partial charge in [0.25, 0.3) is 0 Å². The fourth-order valence-corrected chi connectivity index (χ4v) is 3.25. The summed E-state index contributed by atoms with van der Waals surface area (Å²) in [5.74, 6) is 1.80. The minimum atomic E-state index is 0.434. The van der Waals surface area contributed by atoms with Crippen molar-refractivity contribution >= 4 is 6.29 Å². The van der Waals surface area contributed by atoms with Gasteiger partial charge in [0.05, 0.1) is 11.4 Å². The second kappa shape index (κ2) is 15.8. The number of nitrogens with zero attached hydrogens (tertiary/aromatic N) is 2. The third kappa shape index (κ3) is 12.0. The van der Waals surface area contributed by atoms with E-state index in [0.29, 0.717) is 18.3 Å². The van der Waals surface area contributed by atoms with Crippen LogP contribution in [0.15, 0.2) is 66.0 Å². The predicted octanol–water partition coefficient (Wildman–Crippen LogP) is 5.85. The molecule has 3 rings (SSSR count). The largest absolute Gasteiger partial charge is 0.402 e. The van der Waals surface area contributed by atoms with E-state index < -0.39 is 0 Å². The Hall–Kier alpha value is -2.95. The molecule has 33 heavy (non-hydrogen) atoms. The van der Waals surface area contributed by atoms with Crippen LogP contribution in [0, 0.1) is 18.8 Å². The molecule has 0 saturated heterocycles. The molecule has 1 fully saturated rings. The summed E-state index contributed by atoms with van der Waals surface area (Å²) in [6, 6.07) is 13.8. The molecular formula is C28H42N4O. The van der Waals surface area contributed by atoms with Gasteiger partial charge in [-0.1, -0.05) is 57.5 Å². The Morgan fingerprint density at radius 1 is 1.06 bits per heavy atom. The SMILES string of the molecule is C/C(N)=C/C=C(\N)C1CCC(c2ccc(C)nn2)C1.CCC(C)C.O=CCc1ccccc1. The lowest BCUT2D eigenvalue weighted by molar-refractivity contribution is -0.107. The molecule has 1 aliphatic rings. The zero-order valence-electron chi connectivity index (χ0n) is 21.0. The monoisotopic (exact) mass is 450 g/mol. The van der Waals surface area contributed by atoms with Crippen LogP contribution in [-0.4, -0.2) is 16.5 Å². The van der Waals surface area contributed by atoms with Crippen LogP contribution >= 0.6 is 0 Å². The molecule has 4 N–H and O–H groups in total. The number of carbonyl (C=O) groups is 1. The second-order valence-electron chi connectivity index (χ2n) is 9.04. The van der Waals surface area contributed by atoms with Gasteiger partial charge in [0.2, 0.25) is 0 Å². The fraction of sp³-hybridized carbons (Fsp3) is 0.464. The lowest BCUT2D eigenvalue weighted by atomic mass is 9.99. The number of benzene rings is 1. The highest BCUT2D eigenvalue weighted by molar-refractivity contribution is 5.54. The molecule has 0 radical (unpaired) electrons. The van der Waals surface area contributed by atoms with Crippen LogP contribution in [-0.2, 0) is 11.2 Å². The molecule has 180 valence electrons. The van der Waals surface area contributed by atoms with E-state index in [-0.39, 0.29) is 0 Å². The van der Waals surface area contributed by atoms with Gasteiger partial charge in [-0.15, -0.1) is 0 Å². The zero-order chi connectivity index (χ0) is 24.6. The first-order valence-electron chi connectivity index (χ1n) is 11.9. The summed E-state index contributed by atoms with van der Waals surface area (Å²) in [6.07, 6.45) is 9.84. The van der Waals surface area contributed by atoms with Crippen LogP contribution in [0.4, 0.5) is 0 Å². The molecule has 5 heteroatoms. The highest BCUT2D eigenvalue weighted by Crippen LogP contribution is 2.39. The van der Waals surface area contributed by atoms with E-state index in [0.717, 1.165) is 59.8 Å². The lowest BCUT2D eigenvalue weighted by Gasteiger charge is -2.11. The first-order chi connectivity index (χ1) is 15.8. The van der Waals surface area contributed by atoms with Crippen LogP contribution in [0.1, 0.15) is 76.2 Å². The Bertz CT molecular complexity index is 853. The lowest BCUT2D eigenvalue weighted by Crippen LogP contribution is -2.09. The van der Waals surface area contributed by atoms with Gasteiger partial charge in [0.15, 0.2) is 0 Å². The van der Waals surface area contributed by atoms with Gasteiger partial charge in [-0.2, -0.15) is 10.2 Å². The number of aryl methyl sites for hydroxylation is 1. The standard InChI is InChI=1S/C15H22N4.C8H8O.C5H12/c1-10(16)3-7-14(17)12-5-6-13(9-12)15-8-4-11(2)18-19-15;9-7-6-8-4-2-1-3-5-8;1-4-5(2)3/h3-4,7-8,12-13H,5-6,9,16-17H2,1-2H3;1-5,7H,6H2;5H,4H2,1-3H3/b10-3-,14-7-;;. The van der Waals surface area contributed by atoms with Crippen molar-refractivity contribution in [3.8, 4) is 0 Å².